The Morgan fingerprint density at radius 3 is 2.57 bits per heavy atom. The third-order valence-corrected chi connectivity index (χ3v) is 3.85. The molecule has 0 saturated carbocycles. The first-order valence-electron chi connectivity index (χ1n) is 7.02. The lowest BCUT2D eigenvalue weighted by Crippen LogP contribution is -2.48. The van der Waals surface area contributed by atoms with Crippen LogP contribution in [-0.2, 0) is 17.8 Å². The molecule has 1 aliphatic heterocycles. The number of carbonyl (C=O) groups is 1. The van der Waals surface area contributed by atoms with E-state index in [1.807, 2.05) is 71.7 Å². The maximum absolute atomic E-state index is 11.6. The number of rotatable bonds is 4. The highest BCUT2D eigenvalue weighted by atomic mass is 16.4. The number of benzene rings is 2. The van der Waals surface area contributed by atoms with Crippen LogP contribution in [0.4, 0.5) is 5.69 Å². The van der Waals surface area contributed by atoms with Gasteiger partial charge in [-0.3, -0.25) is 5.01 Å². The standard InChI is InChI=1S/C17H18N2O2/c1-18(12-13-7-3-2-4-8-13)19-15-10-6-5-9-14(15)11-16(19)17(20)21/h2-10,16H,11-12H2,1H3,(H,20,21). The largest absolute Gasteiger partial charge is 0.480 e. The lowest BCUT2D eigenvalue weighted by molar-refractivity contribution is -0.139. The first-order chi connectivity index (χ1) is 10.2. The van der Waals surface area contributed by atoms with Crippen molar-refractivity contribution in [1.29, 1.82) is 0 Å². The third-order valence-electron chi connectivity index (χ3n) is 3.85. The Labute approximate surface area is 124 Å². The highest BCUT2D eigenvalue weighted by Gasteiger charge is 2.36. The molecule has 0 radical (unpaired) electrons. The van der Waals surface area contributed by atoms with Crippen LogP contribution in [0.15, 0.2) is 54.6 Å². The third kappa shape index (κ3) is 2.62. The number of anilines is 1. The number of carboxylic acids is 1. The second-order valence-electron chi connectivity index (χ2n) is 5.33. The summed E-state index contributed by atoms with van der Waals surface area (Å²) >= 11 is 0. The molecule has 0 bridgehead atoms. The van der Waals surface area contributed by atoms with Crippen LogP contribution in [0.5, 0.6) is 0 Å². The van der Waals surface area contributed by atoms with Gasteiger partial charge in [0.15, 0.2) is 0 Å². The number of nitrogens with zero attached hydrogens (tertiary/aromatic N) is 2. The monoisotopic (exact) mass is 282 g/mol. The molecule has 1 heterocycles. The van der Waals surface area contributed by atoms with Gasteiger partial charge in [-0.2, -0.15) is 0 Å². The van der Waals surface area contributed by atoms with E-state index in [9.17, 15) is 9.90 Å². The number of fused-ring (bicyclic) bond motifs is 1. The summed E-state index contributed by atoms with van der Waals surface area (Å²) in [6.07, 6.45) is 0.546. The fourth-order valence-corrected chi connectivity index (χ4v) is 2.91. The van der Waals surface area contributed by atoms with Crippen LogP contribution in [0.1, 0.15) is 11.1 Å². The second kappa shape index (κ2) is 5.58. The van der Waals surface area contributed by atoms with Crippen molar-refractivity contribution in [2.75, 3.05) is 12.1 Å². The Hall–Kier alpha value is -2.33. The molecule has 2 aromatic rings. The molecule has 1 N–H and O–H groups in total. The summed E-state index contributed by atoms with van der Waals surface area (Å²) in [4.78, 5) is 11.6. The van der Waals surface area contributed by atoms with Gasteiger partial charge in [-0.05, 0) is 17.2 Å². The van der Waals surface area contributed by atoms with E-state index in [-0.39, 0.29) is 0 Å². The Balaban J connectivity index is 1.88. The fourth-order valence-electron chi connectivity index (χ4n) is 2.91. The highest BCUT2D eigenvalue weighted by Crippen LogP contribution is 2.33. The molecule has 0 aliphatic carbocycles. The number of hydrazine groups is 1. The van der Waals surface area contributed by atoms with Crippen molar-refractivity contribution in [1.82, 2.24) is 5.01 Å². The normalized spacial score (nSPS) is 17.0. The molecule has 0 saturated heterocycles. The molecule has 21 heavy (non-hydrogen) atoms. The van der Waals surface area contributed by atoms with Gasteiger partial charge in [0.1, 0.15) is 6.04 Å². The minimum atomic E-state index is -0.786. The van der Waals surface area contributed by atoms with E-state index in [2.05, 4.69) is 0 Å². The number of aliphatic carboxylic acids is 1. The van der Waals surface area contributed by atoms with E-state index < -0.39 is 12.0 Å². The average Bonchev–Trinajstić information content (AvgIpc) is 2.88. The van der Waals surface area contributed by atoms with Gasteiger partial charge in [-0.1, -0.05) is 48.5 Å². The fraction of sp³-hybridized carbons (Fsp3) is 0.235. The van der Waals surface area contributed by atoms with Gasteiger partial charge in [0.2, 0.25) is 0 Å². The van der Waals surface area contributed by atoms with Gasteiger partial charge in [-0.25, -0.2) is 9.80 Å². The SMILES string of the molecule is CN(Cc1ccccc1)N1c2ccccc2CC1C(=O)O. The van der Waals surface area contributed by atoms with E-state index in [4.69, 9.17) is 0 Å². The van der Waals surface area contributed by atoms with E-state index in [1.54, 1.807) is 0 Å². The van der Waals surface area contributed by atoms with Crippen LogP contribution in [-0.4, -0.2) is 29.2 Å². The molecule has 2 aromatic carbocycles. The summed E-state index contributed by atoms with van der Waals surface area (Å²) < 4.78 is 0. The van der Waals surface area contributed by atoms with Crippen molar-refractivity contribution in [3.63, 3.8) is 0 Å². The summed E-state index contributed by atoms with van der Waals surface area (Å²) in [5, 5.41) is 13.4. The molecule has 1 unspecified atom stereocenters. The Kier molecular flexibility index (Phi) is 3.62. The lowest BCUT2D eigenvalue weighted by Gasteiger charge is -2.34. The number of carboxylic acid groups (broad SMARTS) is 1. The molecule has 0 aromatic heterocycles. The lowest BCUT2D eigenvalue weighted by atomic mass is 10.1. The Morgan fingerprint density at radius 2 is 1.86 bits per heavy atom. The van der Waals surface area contributed by atoms with Crippen molar-refractivity contribution in [3.8, 4) is 0 Å². The quantitative estimate of drug-likeness (QED) is 0.936. The summed E-state index contributed by atoms with van der Waals surface area (Å²) in [7, 11) is 1.94. The van der Waals surface area contributed by atoms with Crippen molar-refractivity contribution >= 4 is 11.7 Å². The summed E-state index contributed by atoms with van der Waals surface area (Å²) in [5.41, 5.74) is 3.24. The van der Waals surface area contributed by atoms with Crippen molar-refractivity contribution in [3.05, 3.63) is 65.7 Å². The van der Waals surface area contributed by atoms with Crippen molar-refractivity contribution in [2.45, 2.75) is 19.0 Å². The Bertz CT molecular complexity index is 642. The molecule has 0 fully saturated rings. The molecular formula is C17H18N2O2. The zero-order valence-electron chi connectivity index (χ0n) is 11.9. The number of hydrogen-bond acceptors (Lipinski definition) is 3. The van der Waals surface area contributed by atoms with E-state index in [0.29, 0.717) is 13.0 Å². The van der Waals surface area contributed by atoms with Crippen LogP contribution in [0.25, 0.3) is 0 Å². The van der Waals surface area contributed by atoms with Crippen LogP contribution in [0.3, 0.4) is 0 Å². The van der Waals surface area contributed by atoms with Crippen LogP contribution in [0, 0.1) is 0 Å². The van der Waals surface area contributed by atoms with Gasteiger partial charge in [0, 0.05) is 20.0 Å². The molecule has 4 nitrogen and oxygen atoms in total. The summed E-state index contributed by atoms with van der Waals surface area (Å²) in [6, 6.07) is 17.4. The van der Waals surface area contributed by atoms with Gasteiger partial charge in [0.25, 0.3) is 0 Å². The first-order valence-corrected chi connectivity index (χ1v) is 7.02. The van der Waals surface area contributed by atoms with Gasteiger partial charge < -0.3 is 5.11 Å². The first kappa shape index (κ1) is 13.6. The second-order valence-corrected chi connectivity index (χ2v) is 5.33. The van der Waals surface area contributed by atoms with Gasteiger partial charge >= 0.3 is 5.97 Å². The molecule has 1 aliphatic rings. The van der Waals surface area contributed by atoms with Gasteiger partial charge in [-0.15, -0.1) is 0 Å². The molecule has 4 heteroatoms. The average molecular weight is 282 g/mol. The minimum Gasteiger partial charge on any atom is -0.480 e. The molecule has 0 spiro atoms. The smallest absolute Gasteiger partial charge is 0.328 e. The molecule has 1 atom stereocenters. The van der Waals surface area contributed by atoms with Gasteiger partial charge in [0.05, 0.1) is 5.69 Å². The van der Waals surface area contributed by atoms with E-state index in [1.165, 1.54) is 0 Å². The van der Waals surface area contributed by atoms with E-state index >= 15 is 0 Å². The molecular weight excluding hydrogens is 264 g/mol. The molecule has 3 rings (SSSR count). The van der Waals surface area contributed by atoms with E-state index in [0.717, 1.165) is 16.8 Å². The highest BCUT2D eigenvalue weighted by molar-refractivity contribution is 5.82. The van der Waals surface area contributed by atoms with Crippen molar-refractivity contribution in [2.24, 2.45) is 0 Å². The van der Waals surface area contributed by atoms with Crippen LogP contribution >= 0.6 is 0 Å². The van der Waals surface area contributed by atoms with Crippen LogP contribution < -0.4 is 5.01 Å². The topological polar surface area (TPSA) is 43.8 Å². The molecule has 0 amide bonds. The number of para-hydroxylation sites is 1. The minimum absolute atomic E-state index is 0.531. The maximum Gasteiger partial charge on any atom is 0.328 e. The zero-order chi connectivity index (χ0) is 14.8. The summed E-state index contributed by atoms with van der Waals surface area (Å²) in [5.74, 6) is -0.786. The number of hydrogen-bond donors (Lipinski definition) is 1. The summed E-state index contributed by atoms with van der Waals surface area (Å²) in [6.45, 7) is 0.680. The Morgan fingerprint density at radius 1 is 1.19 bits per heavy atom. The zero-order valence-corrected chi connectivity index (χ0v) is 11.9. The predicted octanol–water partition coefficient (Wildman–Crippen LogP) is 2.55. The van der Waals surface area contributed by atoms with Crippen LogP contribution in [0.2, 0.25) is 0 Å². The van der Waals surface area contributed by atoms with Crippen molar-refractivity contribution < 1.29 is 9.90 Å². The molecule has 108 valence electrons. The predicted molar refractivity (Wildman–Crippen MR) is 82.0 cm³/mol. The maximum atomic E-state index is 11.6.